The predicted molar refractivity (Wildman–Crippen MR) is 139 cm³/mol. The van der Waals surface area contributed by atoms with Crippen LogP contribution in [0.5, 0.6) is 5.75 Å². The molecule has 0 bridgehead atoms. The van der Waals surface area contributed by atoms with E-state index in [2.05, 4.69) is 33.3 Å². The van der Waals surface area contributed by atoms with Crippen molar-refractivity contribution in [2.75, 3.05) is 45.2 Å². The van der Waals surface area contributed by atoms with Crippen molar-refractivity contribution in [3.05, 3.63) is 77.0 Å². The molecule has 1 amide bonds. The second kappa shape index (κ2) is 9.76. The zero-order valence-electron chi connectivity index (χ0n) is 20.9. The molecule has 9 nitrogen and oxygen atoms in total. The highest BCUT2D eigenvalue weighted by atomic mass is 19.1. The summed E-state index contributed by atoms with van der Waals surface area (Å²) in [6.07, 6.45) is 3.94. The molecule has 192 valence electrons. The van der Waals surface area contributed by atoms with Crippen LogP contribution >= 0.6 is 0 Å². The van der Waals surface area contributed by atoms with Gasteiger partial charge in [0.25, 0.3) is 5.91 Å². The van der Waals surface area contributed by atoms with Crippen LogP contribution in [0.3, 0.4) is 0 Å². The quantitative estimate of drug-likeness (QED) is 0.439. The summed E-state index contributed by atoms with van der Waals surface area (Å²) in [6, 6.07) is 12.5. The number of ether oxygens (including phenoxy) is 1. The predicted octanol–water partition coefficient (Wildman–Crippen LogP) is 3.34. The van der Waals surface area contributed by atoms with Crippen molar-refractivity contribution >= 4 is 17.5 Å². The Morgan fingerprint density at radius 2 is 1.95 bits per heavy atom. The highest BCUT2D eigenvalue weighted by Crippen LogP contribution is 2.31. The number of hydrogen-bond acceptors (Lipinski definition) is 7. The third-order valence-corrected chi connectivity index (χ3v) is 7.20. The number of anilines is 1. The zero-order chi connectivity index (χ0) is 26.2. The van der Waals surface area contributed by atoms with Crippen LogP contribution in [0, 0.1) is 17.1 Å². The van der Waals surface area contributed by atoms with E-state index in [9.17, 15) is 14.4 Å². The van der Waals surface area contributed by atoms with E-state index in [4.69, 9.17) is 4.74 Å². The van der Waals surface area contributed by atoms with Gasteiger partial charge in [0.1, 0.15) is 17.6 Å². The molecule has 2 aromatic carbocycles. The van der Waals surface area contributed by atoms with Gasteiger partial charge in [0, 0.05) is 67.6 Å². The van der Waals surface area contributed by atoms with E-state index < -0.39 is 0 Å². The topological polar surface area (TPSA) is 98.8 Å². The molecule has 0 unspecified atom stereocenters. The van der Waals surface area contributed by atoms with Crippen molar-refractivity contribution in [3.63, 3.8) is 0 Å². The first-order valence-corrected chi connectivity index (χ1v) is 12.5. The maximum absolute atomic E-state index is 14.6. The number of amides is 1. The van der Waals surface area contributed by atoms with Crippen LogP contribution in [-0.4, -0.2) is 69.9 Å². The van der Waals surface area contributed by atoms with Gasteiger partial charge in [-0.15, -0.1) is 0 Å². The lowest BCUT2D eigenvalue weighted by Gasteiger charge is -2.32. The van der Waals surface area contributed by atoms with Crippen LogP contribution in [0.4, 0.5) is 10.3 Å². The van der Waals surface area contributed by atoms with Crippen LogP contribution in [0.1, 0.15) is 27.2 Å². The number of nitrogens with one attached hydrogen (secondary N) is 1. The van der Waals surface area contributed by atoms with Crippen LogP contribution in [0.15, 0.2) is 48.8 Å². The van der Waals surface area contributed by atoms with Gasteiger partial charge in [-0.2, -0.15) is 5.26 Å². The number of carbonyl (C=O) groups is 1. The third kappa shape index (κ3) is 4.31. The Hall–Kier alpha value is -4.49. The van der Waals surface area contributed by atoms with Gasteiger partial charge in [-0.25, -0.2) is 14.4 Å². The second-order valence-electron chi connectivity index (χ2n) is 9.55. The summed E-state index contributed by atoms with van der Waals surface area (Å²) in [5.41, 5.74) is 4.35. The first kappa shape index (κ1) is 23.9. The Bertz CT molecular complexity index is 1570. The Kier molecular flexibility index (Phi) is 6.13. The van der Waals surface area contributed by atoms with Crippen LogP contribution in [-0.2, 0) is 13.0 Å². The minimum absolute atomic E-state index is 0.0186. The molecule has 4 heterocycles. The molecular formula is C28H26FN7O2. The Morgan fingerprint density at radius 3 is 2.71 bits per heavy atom. The number of likely N-dealkylation sites (N-methyl/N-ethyl adjacent to an activating group) is 1. The van der Waals surface area contributed by atoms with Crippen LogP contribution in [0.2, 0.25) is 0 Å². The first-order valence-electron chi connectivity index (χ1n) is 12.5. The molecule has 0 radical (unpaired) electrons. The van der Waals surface area contributed by atoms with Crippen molar-refractivity contribution in [2.45, 2.75) is 13.0 Å². The molecular weight excluding hydrogens is 485 g/mol. The number of rotatable bonds is 5. The lowest BCUT2D eigenvalue weighted by molar-refractivity contribution is 0.0664. The van der Waals surface area contributed by atoms with E-state index in [1.54, 1.807) is 22.9 Å². The SMILES string of the molecule is CN1CCN(C(=O)c2ccc(-c3cnc(NCc4c(F)ccc5c4CCO5)n4cc(C#N)nc34)cc2)CC1. The molecule has 0 spiro atoms. The van der Waals surface area contributed by atoms with Crippen molar-refractivity contribution < 1.29 is 13.9 Å². The molecule has 0 saturated carbocycles. The zero-order valence-corrected chi connectivity index (χ0v) is 20.9. The van der Waals surface area contributed by atoms with E-state index >= 15 is 0 Å². The van der Waals surface area contributed by atoms with E-state index in [1.807, 2.05) is 29.2 Å². The smallest absolute Gasteiger partial charge is 0.253 e. The standard InChI is InChI=1S/C28H26FN7O2/c1-34-9-11-35(12-10-34)27(37)19-4-2-18(3-5-19)22-15-31-28(36-17-20(14-30)33-26(22)36)32-16-23-21-8-13-38-25(21)7-6-24(23)29/h2-7,15,17H,8-13,16H2,1H3,(H,31,32). The molecule has 10 heteroatoms. The van der Waals surface area contributed by atoms with Crippen molar-refractivity contribution in [2.24, 2.45) is 0 Å². The molecule has 0 aliphatic carbocycles. The number of carbonyl (C=O) groups excluding carboxylic acids is 1. The number of nitriles is 1. The molecule has 6 rings (SSSR count). The van der Waals surface area contributed by atoms with E-state index in [0.717, 1.165) is 29.8 Å². The summed E-state index contributed by atoms with van der Waals surface area (Å²) in [7, 11) is 2.06. The number of aromatic nitrogens is 3. The number of benzene rings is 2. The lowest BCUT2D eigenvalue weighted by atomic mass is 10.0. The van der Waals surface area contributed by atoms with Gasteiger partial charge in [0.15, 0.2) is 11.3 Å². The molecule has 1 saturated heterocycles. The van der Waals surface area contributed by atoms with Gasteiger partial charge in [-0.1, -0.05) is 12.1 Å². The molecule has 2 aliphatic rings. The first-order chi connectivity index (χ1) is 18.5. The largest absolute Gasteiger partial charge is 0.493 e. The van der Waals surface area contributed by atoms with Crippen molar-refractivity contribution in [1.82, 2.24) is 24.2 Å². The maximum atomic E-state index is 14.6. The van der Waals surface area contributed by atoms with Gasteiger partial charge in [-0.3, -0.25) is 9.20 Å². The van der Waals surface area contributed by atoms with Crippen molar-refractivity contribution in [1.29, 1.82) is 5.26 Å². The summed E-state index contributed by atoms with van der Waals surface area (Å²) in [5.74, 6) is 0.866. The molecule has 1 fully saturated rings. The fourth-order valence-corrected chi connectivity index (χ4v) is 5.02. The minimum Gasteiger partial charge on any atom is -0.493 e. The highest BCUT2D eigenvalue weighted by molar-refractivity contribution is 5.95. The normalized spacial score (nSPS) is 15.2. The Morgan fingerprint density at radius 1 is 1.16 bits per heavy atom. The Labute approximate surface area is 219 Å². The maximum Gasteiger partial charge on any atom is 0.253 e. The molecule has 2 aliphatic heterocycles. The fraction of sp³-hybridized carbons (Fsp3) is 0.286. The van der Waals surface area contributed by atoms with Gasteiger partial charge in [0.05, 0.1) is 12.8 Å². The summed E-state index contributed by atoms with van der Waals surface area (Å²) in [4.78, 5) is 26.1. The summed E-state index contributed by atoms with van der Waals surface area (Å²) in [6.45, 7) is 3.90. The van der Waals surface area contributed by atoms with E-state index in [0.29, 0.717) is 54.6 Å². The molecule has 1 N–H and O–H groups in total. The van der Waals surface area contributed by atoms with Gasteiger partial charge in [0.2, 0.25) is 5.95 Å². The molecule has 0 atom stereocenters. The monoisotopic (exact) mass is 511 g/mol. The second-order valence-corrected chi connectivity index (χ2v) is 9.55. The lowest BCUT2D eigenvalue weighted by Crippen LogP contribution is -2.47. The average Bonchev–Trinajstić information content (AvgIpc) is 3.60. The number of nitrogens with zero attached hydrogens (tertiary/aromatic N) is 6. The van der Waals surface area contributed by atoms with E-state index in [1.165, 1.54) is 6.07 Å². The fourth-order valence-electron chi connectivity index (χ4n) is 5.02. The Balaban J connectivity index is 1.28. The number of piperazine rings is 1. The molecule has 2 aromatic heterocycles. The van der Waals surface area contributed by atoms with Gasteiger partial charge in [-0.05, 0) is 36.9 Å². The minimum atomic E-state index is -0.302. The van der Waals surface area contributed by atoms with Crippen LogP contribution in [0.25, 0.3) is 16.8 Å². The van der Waals surface area contributed by atoms with Gasteiger partial charge >= 0.3 is 0 Å². The molecule has 38 heavy (non-hydrogen) atoms. The van der Waals surface area contributed by atoms with Gasteiger partial charge < -0.3 is 19.9 Å². The highest BCUT2D eigenvalue weighted by Gasteiger charge is 2.22. The average molecular weight is 512 g/mol. The summed E-state index contributed by atoms with van der Waals surface area (Å²) in [5, 5.41) is 12.7. The van der Waals surface area contributed by atoms with E-state index in [-0.39, 0.29) is 24.0 Å². The molecule has 4 aromatic rings. The third-order valence-electron chi connectivity index (χ3n) is 7.20. The number of imidazole rings is 1. The summed E-state index contributed by atoms with van der Waals surface area (Å²) < 4.78 is 21.9. The summed E-state index contributed by atoms with van der Waals surface area (Å²) >= 11 is 0. The van der Waals surface area contributed by atoms with Crippen LogP contribution < -0.4 is 10.1 Å². The number of fused-ring (bicyclic) bond motifs is 2. The number of halogens is 1. The van der Waals surface area contributed by atoms with Crippen molar-refractivity contribution in [3.8, 4) is 22.9 Å². The number of hydrogen-bond donors (Lipinski definition) is 1.